The normalized spacial score (nSPS) is 11.5. The van der Waals surface area contributed by atoms with Crippen LogP contribution in [0.4, 0.5) is 17.1 Å². The highest BCUT2D eigenvalue weighted by molar-refractivity contribution is 7.26. The zero-order chi connectivity index (χ0) is 33.7. The van der Waals surface area contributed by atoms with Crippen LogP contribution in [0.15, 0.2) is 192 Å². The maximum absolute atomic E-state index is 6.23. The lowest BCUT2D eigenvalue weighted by Gasteiger charge is -2.27. The molecule has 0 saturated carbocycles. The van der Waals surface area contributed by atoms with Crippen LogP contribution in [0.25, 0.3) is 75.5 Å². The van der Waals surface area contributed by atoms with Gasteiger partial charge < -0.3 is 9.32 Å². The van der Waals surface area contributed by atoms with Crippen LogP contribution in [0, 0.1) is 0 Å². The zero-order valence-electron chi connectivity index (χ0n) is 27.7. The molecule has 2 nitrogen and oxygen atoms in total. The van der Waals surface area contributed by atoms with E-state index in [1.54, 1.807) is 0 Å². The Kier molecular flexibility index (Phi) is 7.04. The number of furan rings is 1. The van der Waals surface area contributed by atoms with Crippen molar-refractivity contribution in [2.75, 3.05) is 4.90 Å². The molecule has 0 aliphatic heterocycles. The molecule has 0 N–H and O–H groups in total. The number of anilines is 3. The van der Waals surface area contributed by atoms with Crippen LogP contribution >= 0.6 is 11.3 Å². The van der Waals surface area contributed by atoms with Crippen LogP contribution in [-0.2, 0) is 0 Å². The van der Waals surface area contributed by atoms with Crippen molar-refractivity contribution in [3.63, 3.8) is 0 Å². The van der Waals surface area contributed by atoms with E-state index in [0.29, 0.717) is 0 Å². The molecule has 0 fully saturated rings. The van der Waals surface area contributed by atoms with Gasteiger partial charge in [-0.3, -0.25) is 0 Å². The molecule has 240 valence electrons. The van der Waals surface area contributed by atoms with Crippen molar-refractivity contribution >= 4 is 70.5 Å². The van der Waals surface area contributed by atoms with Crippen molar-refractivity contribution in [1.29, 1.82) is 0 Å². The molecule has 0 saturated heterocycles. The van der Waals surface area contributed by atoms with E-state index in [4.69, 9.17) is 4.42 Å². The van der Waals surface area contributed by atoms with E-state index in [1.807, 2.05) is 23.5 Å². The molecule has 0 atom stereocenters. The number of rotatable bonds is 6. The first kappa shape index (κ1) is 29.5. The van der Waals surface area contributed by atoms with Gasteiger partial charge in [0.25, 0.3) is 0 Å². The monoisotopic (exact) mass is 669 g/mol. The number of fused-ring (bicyclic) bond motifs is 6. The average molecular weight is 670 g/mol. The Bertz CT molecular complexity index is 2830. The predicted molar refractivity (Wildman–Crippen MR) is 218 cm³/mol. The van der Waals surface area contributed by atoms with Gasteiger partial charge in [-0.15, -0.1) is 11.3 Å². The summed E-state index contributed by atoms with van der Waals surface area (Å²) in [5.41, 5.74) is 12.4. The number of hydrogen-bond donors (Lipinski definition) is 0. The lowest BCUT2D eigenvalue weighted by Crippen LogP contribution is -2.10. The highest BCUT2D eigenvalue weighted by atomic mass is 32.1. The van der Waals surface area contributed by atoms with Gasteiger partial charge in [0.15, 0.2) is 0 Å². The summed E-state index contributed by atoms with van der Waals surface area (Å²) in [7, 11) is 0. The first-order valence-corrected chi connectivity index (χ1v) is 18.1. The molecule has 2 heterocycles. The molecule has 0 aliphatic rings. The Morgan fingerprint density at radius 2 is 0.922 bits per heavy atom. The van der Waals surface area contributed by atoms with Crippen molar-refractivity contribution < 1.29 is 4.42 Å². The molecule has 51 heavy (non-hydrogen) atoms. The Balaban J connectivity index is 1.17. The second-order valence-corrected chi connectivity index (χ2v) is 13.9. The molecular formula is C48H31NOS. The lowest BCUT2D eigenvalue weighted by atomic mass is 9.97. The number of hydrogen-bond acceptors (Lipinski definition) is 3. The van der Waals surface area contributed by atoms with E-state index in [1.165, 1.54) is 48.0 Å². The van der Waals surface area contributed by atoms with Gasteiger partial charge in [0.05, 0.1) is 10.4 Å². The number of nitrogens with zero attached hydrogens (tertiary/aromatic N) is 1. The van der Waals surface area contributed by atoms with E-state index in [-0.39, 0.29) is 0 Å². The van der Waals surface area contributed by atoms with Crippen LogP contribution in [0.3, 0.4) is 0 Å². The van der Waals surface area contributed by atoms with Gasteiger partial charge >= 0.3 is 0 Å². The van der Waals surface area contributed by atoms with Crippen LogP contribution < -0.4 is 4.90 Å². The van der Waals surface area contributed by atoms with Crippen LogP contribution in [0.2, 0.25) is 0 Å². The predicted octanol–water partition coefficient (Wildman–Crippen LogP) is 14.4. The average Bonchev–Trinajstić information content (AvgIpc) is 3.79. The summed E-state index contributed by atoms with van der Waals surface area (Å²) in [5, 5.41) is 4.87. The quantitative estimate of drug-likeness (QED) is 0.175. The Labute approximate surface area is 300 Å². The molecule has 0 amide bonds. The first-order chi connectivity index (χ1) is 25.3. The molecule has 2 aromatic heterocycles. The number of thiophene rings is 1. The van der Waals surface area contributed by atoms with Gasteiger partial charge in [0, 0.05) is 37.6 Å². The third kappa shape index (κ3) is 5.01. The molecule has 0 aliphatic carbocycles. The van der Waals surface area contributed by atoms with E-state index < -0.39 is 0 Å². The van der Waals surface area contributed by atoms with Crippen molar-refractivity contribution in [2.24, 2.45) is 0 Å². The zero-order valence-corrected chi connectivity index (χ0v) is 28.5. The van der Waals surface area contributed by atoms with Gasteiger partial charge in [0.2, 0.25) is 0 Å². The summed E-state index contributed by atoms with van der Waals surface area (Å²) in [4.78, 5) is 2.42. The topological polar surface area (TPSA) is 16.4 Å². The van der Waals surface area contributed by atoms with Gasteiger partial charge in [0.1, 0.15) is 11.2 Å². The Hall–Kier alpha value is -6.42. The molecule has 8 aromatic carbocycles. The van der Waals surface area contributed by atoms with E-state index >= 15 is 0 Å². The van der Waals surface area contributed by atoms with Gasteiger partial charge in [-0.2, -0.15) is 0 Å². The molecule has 0 spiro atoms. The van der Waals surface area contributed by atoms with Crippen LogP contribution in [0.5, 0.6) is 0 Å². The fourth-order valence-electron chi connectivity index (χ4n) is 7.51. The van der Waals surface area contributed by atoms with Gasteiger partial charge in [-0.25, -0.2) is 0 Å². The number of para-hydroxylation sites is 1. The maximum atomic E-state index is 6.23. The van der Waals surface area contributed by atoms with E-state index in [0.717, 1.165) is 44.6 Å². The lowest BCUT2D eigenvalue weighted by molar-refractivity contribution is 0.669. The van der Waals surface area contributed by atoms with Gasteiger partial charge in [-0.05, 0) is 81.9 Å². The van der Waals surface area contributed by atoms with E-state index in [9.17, 15) is 0 Å². The molecule has 3 heteroatoms. The minimum atomic E-state index is 0.906. The van der Waals surface area contributed by atoms with Crippen LogP contribution in [0.1, 0.15) is 0 Å². The molecule has 0 unspecified atom stereocenters. The highest BCUT2D eigenvalue weighted by Crippen LogP contribution is 2.48. The van der Waals surface area contributed by atoms with Crippen molar-refractivity contribution in [2.45, 2.75) is 0 Å². The number of benzene rings is 8. The molecule has 0 bridgehead atoms. The maximum Gasteiger partial charge on any atom is 0.136 e. The summed E-state index contributed by atoms with van der Waals surface area (Å²) in [6.45, 7) is 0. The summed E-state index contributed by atoms with van der Waals surface area (Å²) in [5.74, 6) is 0. The van der Waals surface area contributed by atoms with E-state index in [2.05, 4.69) is 181 Å². The fraction of sp³-hybridized carbons (Fsp3) is 0. The first-order valence-electron chi connectivity index (χ1n) is 17.3. The smallest absolute Gasteiger partial charge is 0.136 e. The standard InChI is InChI=1S/C48H31NOS/c1-3-12-32(13-4-1)33-22-26-36(27-23-33)49(37-28-24-35(25-29-37)38-18-11-20-44-46(38)40-16-7-9-19-43(40)50-44)42-31-30-39(34-14-5-2-6-15-34)47-41-17-8-10-21-45(41)51-48(42)47/h1-31H. The molecule has 10 rings (SSSR count). The minimum absolute atomic E-state index is 0.906. The molecule has 0 radical (unpaired) electrons. The second-order valence-electron chi connectivity index (χ2n) is 12.9. The fourth-order valence-corrected chi connectivity index (χ4v) is 8.75. The molecular weight excluding hydrogens is 639 g/mol. The van der Waals surface area contributed by atoms with Gasteiger partial charge in [-0.1, -0.05) is 140 Å². The van der Waals surface area contributed by atoms with Crippen molar-refractivity contribution in [3.8, 4) is 33.4 Å². The SMILES string of the molecule is c1ccc(-c2ccc(N(c3ccc(-c4cccc5oc6ccccc6c45)cc3)c3ccc(-c4ccccc4)c4c3sc3ccccc34)cc2)cc1. The third-order valence-corrected chi connectivity index (χ3v) is 11.1. The van der Waals surface area contributed by atoms with Crippen LogP contribution in [-0.4, -0.2) is 0 Å². The summed E-state index contributed by atoms with van der Waals surface area (Å²) in [6, 6.07) is 67.3. The highest BCUT2D eigenvalue weighted by Gasteiger charge is 2.21. The molecule has 10 aromatic rings. The third-order valence-electron chi connectivity index (χ3n) is 9.90. The Morgan fingerprint density at radius 1 is 0.373 bits per heavy atom. The summed E-state index contributed by atoms with van der Waals surface area (Å²) >= 11 is 1.87. The summed E-state index contributed by atoms with van der Waals surface area (Å²) < 4.78 is 8.79. The second kappa shape index (κ2) is 12.2. The largest absolute Gasteiger partial charge is 0.456 e. The summed E-state index contributed by atoms with van der Waals surface area (Å²) in [6.07, 6.45) is 0. The minimum Gasteiger partial charge on any atom is -0.456 e. The van der Waals surface area contributed by atoms with Crippen molar-refractivity contribution in [1.82, 2.24) is 0 Å². The van der Waals surface area contributed by atoms with Crippen molar-refractivity contribution in [3.05, 3.63) is 188 Å². The Morgan fingerprint density at radius 3 is 1.67 bits per heavy atom.